The Balaban J connectivity index is 1.32. The Hall–Kier alpha value is -2.04. The Morgan fingerprint density at radius 1 is 1.06 bits per heavy atom. The summed E-state index contributed by atoms with van der Waals surface area (Å²) in [5.74, 6) is 1.21. The Morgan fingerprint density at radius 2 is 1.78 bits per heavy atom. The van der Waals surface area contributed by atoms with Crippen molar-refractivity contribution in [3.05, 3.63) is 52.0 Å². The Morgan fingerprint density at radius 3 is 2.53 bits per heavy atom. The topological polar surface area (TPSA) is 88.2 Å². The van der Waals surface area contributed by atoms with Gasteiger partial charge in [-0.25, -0.2) is 8.42 Å². The summed E-state index contributed by atoms with van der Waals surface area (Å²) in [7, 11) is -4.00. The van der Waals surface area contributed by atoms with E-state index in [4.69, 9.17) is 32.7 Å². The van der Waals surface area contributed by atoms with E-state index in [2.05, 4.69) is 9.62 Å². The van der Waals surface area contributed by atoms with Crippen LogP contribution in [0, 0.1) is 0 Å². The number of rotatable bonds is 6. The first-order valence-electron chi connectivity index (χ1n) is 10.1. The third-order valence-corrected chi connectivity index (χ3v) is 7.67. The van der Waals surface area contributed by atoms with Crippen LogP contribution in [-0.4, -0.2) is 63.1 Å². The van der Waals surface area contributed by atoms with E-state index in [1.807, 2.05) is 18.2 Å². The van der Waals surface area contributed by atoms with Gasteiger partial charge in [0.25, 0.3) is 0 Å². The molecule has 1 fully saturated rings. The van der Waals surface area contributed by atoms with Crippen LogP contribution >= 0.6 is 23.2 Å². The molecule has 2 aliphatic rings. The molecule has 32 heavy (non-hydrogen) atoms. The molecule has 0 aliphatic carbocycles. The largest absolute Gasteiger partial charge is 0.454 e. The van der Waals surface area contributed by atoms with Crippen LogP contribution in [0.2, 0.25) is 10.0 Å². The van der Waals surface area contributed by atoms with Crippen LogP contribution in [0.3, 0.4) is 0 Å². The van der Waals surface area contributed by atoms with E-state index in [9.17, 15) is 13.2 Å². The molecule has 2 aromatic rings. The van der Waals surface area contributed by atoms with Crippen molar-refractivity contribution in [2.75, 3.05) is 33.0 Å². The molecule has 1 saturated heterocycles. The van der Waals surface area contributed by atoms with E-state index in [0.29, 0.717) is 26.2 Å². The highest BCUT2D eigenvalue weighted by molar-refractivity contribution is 7.89. The molecular weight excluding hydrogens is 477 g/mol. The van der Waals surface area contributed by atoms with E-state index >= 15 is 0 Å². The van der Waals surface area contributed by atoms with Gasteiger partial charge in [0.1, 0.15) is 4.90 Å². The molecule has 0 radical (unpaired) electrons. The number of sulfonamides is 1. The summed E-state index contributed by atoms with van der Waals surface area (Å²) in [5.41, 5.74) is 1.11. The molecule has 2 heterocycles. The van der Waals surface area contributed by atoms with Crippen molar-refractivity contribution in [1.82, 2.24) is 14.5 Å². The van der Waals surface area contributed by atoms with Crippen molar-refractivity contribution in [2.24, 2.45) is 0 Å². The van der Waals surface area contributed by atoms with Crippen molar-refractivity contribution in [3.8, 4) is 11.5 Å². The van der Waals surface area contributed by atoms with Gasteiger partial charge in [0.05, 0.1) is 11.1 Å². The van der Waals surface area contributed by atoms with Gasteiger partial charge in [-0.2, -0.15) is 4.72 Å². The molecule has 0 saturated carbocycles. The van der Waals surface area contributed by atoms with Crippen LogP contribution in [0.4, 0.5) is 0 Å². The fourth-order valence-electron chi connectivity index (χ4n) is 3.73. The smallest absolute Gasteiger partial charge is 0.242 e. The van der Waals surface area contributed by atoms with E-state index in [-0.39, 0.29) is 27.6 Å². The highest BCUT2D eigenvalue weighted by Gasteiger charge is 2.29. The predicted molar refractivity (Wildman–Crippen MR) is 121 cm³/mol. The average molecular weight is 500 g/mol. The summed E-state index contributed by atoms with van der Waals surface area (Å²) in [6.07, 6.45) is 0. The molecule has 0 spiro atoms. The fourth-order valence-corrected chi connectivity index (χ4v) is 5.69. The number of carbonyl (C=O) groups excluding carboxylic acids is 1. The van der Waals surface area contributed by atoms with Gasteiger partial charge in [0.2, 0.25) is 22.7 Å². The van der Waals surface area contributed by atoms with Crippen molar-refractivity contribution in [3.63, 3.8) is 0 Å². The third-order valence-electron chi connectivity index (χ3n) is 5.41. The van der Waals surface area contributed by atoms with E-state index in [0.717, 1.165) is 23.6 Å². The fraction of sp³-hybridized carbons (Fsp3) is 0.381. The maximum Gasteiger partial charge on any atom is 0.242 e. The Labute approximate surface area is 197 Å². The molecule has 1 atom stereocenters. The molecule has 1 amide bonds. The first kappa shape index (κ1) is 23.1. The lowest BCUT2D eigenvalue weighted by atomic mass is 10.1. The first-order valence-corrected chi connectivity index (χ1v) is 12.3. The van der Waals surface area contributed by atoms with Gasteiger partial charge in [-0.3, -0.25) is 9.69 Å². The van der Waals surface area contributed by atoms with Crippen LogP contribution < -0.4 is 14.2 Å². The maximum atomic E-state index is 12.8. The number of piperazine rings is 1. The maximum absolute atomic E-state index is 12.8. The number of fused-ring (bicyclic) bond motifs is 1. The number of nitrogens with zero attached hydrogens (tertiary/aromatic N) is 2. The summed E-state index contributed by atoms with van der Waals surface area (Å²) >= 11 is 11.9. The summed E-state index contributed by atoms with van der Waals surface area (Å²) in [4.78, 5) is 16.6. The molecule has 1 N–H and O–H groups in total. The predicted octanol–water partition coefficient (Wildman–Crippen LogP) is 2.73. The lowest BCUT2D eigenvalue weighted by molar-refractivity contribution is -0.134. The normalized spacial score (nSPS) is 17.4. The van der Waals surface area contributed by atoms with Gasteiger partial charge in [0, 0.05) is 37.7 Å². The van der Waals surface area contributed by atoms with Crippen LogP contribution in [-0.2, 0) is 21.4 Å². The quantitative estimate of drug-likeness (QED) is 0.657. The minimum atomic E-state index is -4.00. The van der Waals surface area contributed by atoms with Gasteiger partial charge >= 0.3 is 0 Å². The molecule has 11 heteroatoms. The monoisotopic (exact) mass is 499 g/mol. The zero-order valence-corrected chi connectivity index (χ0v) is 19.7. The SMILES string of the molecule is C[C@H](NS(=O)(=O)c1cc(Cl)ccc1Cl)C(=O)N1CCN(Cc2ccc3c(c2)OCO3)CC1. The Kier molecular flexibility index (Phi) is 6.83. The van der Waals surface area contributed by atoms with Gasteiger partial charge in [-0.1, -0.05) is 29.3 Å². The lowest BCUT2D eigenvalue weighted by Crippen LogP contribution is -2.53. The number of benzene rings is 2. The van der Waals surface area contributed by atoms with Crippen molar-refractivity contribution >= 4 is 39.1 Å². The second kappa shape index (κ2) is 9.44. The molecule has 0 aromatic heterocycles. The number of amides is 1. The van der Waals surface area contributed by atoms with Crippen LogP contribution in [0.5, 0.6) is 11.5 Å². The number of carbonyl (C=O) groups is 1. The second-order valence-corrected chi connectivity index (χ2v) is 10.2. The van der Waals surface area contributed by atoms with Gasteiger partial charge in [-0.15, -0.1) is 0 Å². The number of hydrogen-bond donors (Lipinski definition) is 1. The number of halogens is 2. The van der Waals surface area contributed by atoms with Gasteiger partial charge in [0.15, 0.2) is 11.5 Å². The second-order valence-electron chi connectivity index (χ2n) is 7.71. The highest BCUT2D eigenvalue weighted by atomic mass is 35.5. The van der Waals surface area contributed by atoms with E-state index < -0.39 is 16.1 Å². The molecule has 0 unspecified atom stereocenters. The molecule has 2 aromatic carbocycles. The zero-order valence-electron chi connectivity index (χ0n) is 17.4. The highest BCUT2D eigenvalue weighted by Crippen LogP contribution is 2.33. The minimum absolute atomic E-state index is 0.0404. The van der Waals surface area contributed by atoms with Crippen LogP contribution in [0.25, 0.3) is 0 Å². The average Bonchev–Trinajstić information content (AvgIpc) is 3.23. The van der Waals surface area contributed by atoms with E-state index in [1.54, 1.807) is 4.90 Å². The van der Waals surface area contributed by atoms with Crippen molar-refractivity contribution in [1.29, 1.82) is 0 Å². The number of ether oxygens (including phenoxy) is 2. The standard InChI is InChI=1S/C21H23Cl2N3O5S/c1-14(24-32(28,29)20-11-16(22)3-4-17(20)23)21(27)26-8-6-25(7-9-26)12-15-2-5-18-19(10-15)31-13-30-18/h2-5,10-11,14,24H,6-9,12-13H2,1H3/t14-/m0/s1. The molecule has 8 nitrogen and oxygen atoms in total. The summed E-state index contributed by atoms with van der Waals surface area (Å²) < 4.78 is 38.5. The van der Waals surface area contributed by atoms with Crippen molar-refractivity contribution in [2.45, 2.75) is 24.4 Å². The van der Waals surface area contributed by atoms with Gasteiger partial charge in [-0.05, 0) is 42.8 Å². The summed E-state index contributed by atoms with van der Waals surface area (Å²) in [5, 5.41) is 0.283. The number of hydrogen-bond acceptors (Lipinski definition) is 6. The summed E-state index contributed by atoms with van der Waals surface area (Å²) in [6, 6.07) is 9.11. The van der Waals surface area contributed by atoms with E-state index in [1.165, 1.54) is 25.1 Å². The van der Waals surface area contributed by atoms with Crippen molar-refractivity contribution < 1.29 is 22.7 Å². The molecule has 172 valence electrons. The van der Waals surface area contributed by atoms with Gasteiger partial charge < -0.3 is 14.4 Å². The third kappa shape index (κ3) is 5.13. The Bertz CT molecular complexity index is 1120. The lowest BCUT2D eigenvalue weighted by Gasteiger charge is -2.36. The minimum Gasteiger partial charge on any atom is -0.454 e. The molecule has 4 rings (SSSR count). The molecule has 0 bridgehead atoms. The zero-order chi connectivity index (χ0) is 22.9. The van der Waals surface area contributed by atoms with Crippen LogP contribution in [0.15, 0.2) is 41.3 Å². The number of nitrogens with one attached hydrogen (secondary N) is 1. The first-order chi connectivity index (χ1) is 15.2. The summed E-state index contributed by atoms with van der Waals surface area (Å²) in [6.45, 7) is 4.87. The molecular formula is C21H23Cl2N3O5S. The molecule has 2 aliphatic heterocycles. The van der Waals surface area contributed by atoms with Crippen LogP contribution in [0.1, 0.15) is 12.5 Å².